The van der Waals surface area contributed by atoms with E-state index in [-0.39, 0.29) is 5.91 Å². The van der Waals surface area contributed by atoms with E-state index in [4.69, 9.17) is 36.1 Å². The molecule has 1 amide bonds. The lowest BCUT2D eigenvalue weighted by molar-refractivity contribution is -0.159. The highest BCUT2D eigenvalue weighted by atomic mass is 35.5. The Morgan fingerprint density at radius 1 is 0.972 bits per heavy atom. The van der Waals surface area contributed by atoms with E-state index in [0.29, 0.717) is 11.6 Å². The minimum absolute atomic E-state index is 0.0830. The molecule has 3 rings (SSSR count). The topological polar surface area (TPSA) is 119 Å². The third kappa shape index (κ3) is 9.97. The van der Waals surface area contributed by atoms with Gasteiger partial charge in [0, 0.05) is 43.8 Å². The number of halogens is 1. The van der Waals surface area contributed by atoms with Crippen LogP contribution in [0.4, 0.5) is 5.69 Å². The molecule has 0 spiro atoms. The van der Waals surface area contributed by atoms with Gasteiger partial charge in [0.2, 0.25) is 5.91 Å². The molecule has 0 radical (unpaired) electrons. The molecule has 2 aromatic rings. The molecular weight excluding hydrogens is 486 g/mol. The number of ether oxygens (including phenoxy) is 1. The van der Waals surface area contributed by atoms with Crippen LogP contribution in [0.1, 0.15) is 18.4 Å². The fourth-order valence-electron chi connectivity index (χ4n) is 3.61. The Morgan fingerprint density at radius 2 is 1.61 bits per heavy atom. The molecule has 0 unspecified atom stereocenters. The van der Waals surface area contributed by atoms with Gasteiger partial charge in [0.05, 0.1) is 12.8 Å². The number of nitrogens with zero attached hydrogens (tertiary/aromatic N) is 2. The van der Waals surface area contributed by atoms with Crippen molar-refractivity contribution >= 4 is 41.2 Å². The van der Waals surface area contributed by atoms with E-state index >= 15 is 0 Å². The molecule has 0 aliphatic carbocycles. The van der Waals surface area contributed by atoms with Gasteiger partial charge in [0.25, 0.3) is 0 Å². The summed E-state index contributed by atoms with van der Waals surface area (Å²) in [6.45, 7) is 5.85. The van der Waals surface area contributed by atoms with E-state index < -0.39 is 11.9 Å². The molecule has 1 heterocycles. The van der Waals surface area contributed by atoms with Gasteiger partial charge in [0.15, 0.2) is 0 Å². The summed E-state index contributed by atoms with van der Waals surface area (Å²) in [7, 11) is 1.72. The maximum absolute atomic E-state index is 11.9. The predicted octanol–water partition coefficient (Wildman–Crippen LogP) is 3.24. The number of unbranched alkanes of at least 4 members (excludes halogenated alkanes) is 1. The highest BCUT2D eigenvalue weighted by Crippen LogP contribution is 2.28. The van der Waals surface area contributed by atoms with Gasteiger partial charge in [-0.25, -0.2) is 9.59 Å². The highest BCUT2D eigenvalue weighted by Gasteiger charge is 2.19. The number of para-hydroxylation sites is 2. The van der Waals surface area contributed by atoms with Crippen LogP contribution in [0.5, 0.6) is 5.75 Å². The second kappa shape index (κ2) is 15.4. The smallest absolute Gasteiger partial charge is 0.414 e. The van der Waals surface area contributed by atoms with Crippen LogP contribution in [-0.2, 0) is 14.4 Å². The number of nitrogens with one attached hydrogen (secondary N) is 1. The Kier molecular flexibility index (Phi) is 12.3. The Balaban J connectivity index is 0.000000678. The number of anilines is 1. The van der Waals surface area contributed by atoms with E-state index in [1.807, 2.05) is 36.4 Å². The van der Waals surface area contributed by atoms with Gasteiger partial charge < -0.3 is 25.2 Å². The number of carboxylic acids is 2. The van der Waals surface area contributed by atoms with Crippen molar-refractivity contribution in [2.45, 2.75) is 12.8 Å². The van der Waals surface area contributed by atoms with Crippen LogP contribution in [0.3, 0.4) is 0 Å². The molecule has 3 N–H and O–H groups in total. The minimum Gasteiger partial charge on any atom is -0.495 e. The first-order valence-electron chi connectivity index (χ1n) is 11.6. The molecule has 1 saturated heterocycles. The third-order valence-corrected chi connectivity index (χ3v) is 5.85. The van der Waals surface area contributed by atoms with Crippen LogP contribution in [0.2, 0.25) is 5.02 Å². The summed E-state index contributed by atoms with van der Waals surface area (Å²) in [6, 6.07) is 15.7. The number of aliphatic carboxylic acids is 2. The second-order valence-corrected chi connectivity index (χ2v) is 8.37. The lowest BCUT2D eigenvalue weighted by Gasteiger charge is -2.36. The fourth-order valence-corrected chi connectivity index (χ4v) is 3.81. The van der Waals surface area contributed by atoms with Crippen molar-refractivity contribution in [1.82, 2.24) is 10.2 Å². The summed E-state index contributed by atoms with van der Waals surface area (Å²) >= 11 is 6.09. The van der Waals surface area contributed by atoms with Gasteiger partial charge in [0.1, 0.15) is 5.75 Å². The van der Waals surface area contributed by atoms with E-state index in [2.05, 4.69) is 27.2 Å². The molecule has 194 valence electrons. The molecular formula is C26H32ClN3O6. The highest BCUT2D eigenvalue weighted by molar-refractivity contribution is 6.32. The summed E-state index contributed by atoms with van der Waals surface area (Å²) in [5.41, 5.74) is 2.02. The van der Waals surface area contributed by atoms with E-state index in [1.165, 1.54) is 11.8 Å². The Morgan fingerprint density at radius 3 is 2.25 bits per heavy atom. The summed E-state index contributed by atoms with van der Waals surface area (Å²) in [4.78, 5) is 35.0. The number of hydrogen-bond donors (Lipinski definition) is 3. The summed E-state index contributed by atoms with van der Waals surface area (Å²) in [6.07, 6.45) is 5.33. The molecule has 0 bridgehead atoms. The number of hydrogen-bond acceptors (Lipinski definition) is 6. The average Bonchev–Trinajstić information content (AvgIpc) is 2.88. The number of methoxy groups -OCH3 is 1. The van der Waals surface area contributed by atoms with Crippen molar-refractivity contribution in [2.24, 2.45) is 0 Å². The molecule has 36 heavy (non-hydrogen) atoms. The summed E-state index contributed by atoms with van der Waals surface area (Å²) in [5, 5.41) is 18.4. The molecule has 1 aliphatic rings. The van der Waals surface area contributed by atoms with Crippen LogP contribution < -0.4 is 15.0 Å². The zero-order chi connectivity index (χ0) is 26.3. The van der Waals surface area contributed by atoms with Crippen molar-refractivity contribution in [3.63, 3.8) is 0 Å². The SMILES string of the molecule is COc1ccccc1N1CCN(CCCCNC(=O)/C=C/c2ccccc2Cl)CC1.O=C(O)C(=O)O. The molecule has 0 atom stereocenters. The molecule has 9 nitrogen and oxygen atoms in total. The average molecular weight is 518 g/mol. The number of amides is 1. The molecule has 2 aromatic carbocycles. The zero-order valence-electron chi connectivity index (χ0n) is 20.2. The van der Waals surface area contributed by atoms with E-state index in [0.717, 1.165) is 56.9 Å². The molecule has 0 aromatic heterocycles. The first-order chi connectivity index (χ1) is 17.3. The number of carbonyl (C=O) groups is 3. The van der Waals surface area contributed by atoms with Gasteiger partial charge in [-0.3, -0.25) is 9.69 Å². The lowest BCUT2D eigenvalue weighted by Crippen LogP contribution is -2.46. The Labute approximate surface area is 215 Å². The number of piperazine rings is 1. The van der Waals surface area contributed by atoms with Gasteiger partial charge in [-0.2, -0.15) is 0 Å². The van der Waals surface area contributed by atoms with Gasteiger partial charge in [-0.05, 0) is 49.2 Å². The number of carbonyl (C=O) groups excluding carboxylic acids is 1. The van der Waals surface area contributed by atoms with Crippen LogP contribution in [-0.4, -0.2) is 79.3 Å². The predicted molar refractivity (Wildman–Crippen MR) is 140 cm³/mol. The molecule has 1 aliphatic heterocycles. The van der Waals surface area contributed by atoms with Crippen molar-refractivity contribution in [1.29, 1.82) is 0 Å². The molecule has 10 heteroatoms. The normalized spacial score (nSPS) is 13.6. The minimum atomic E-state index is -1.82. The Hall–Kier alpha value is -3.56. The number of rotatable bonds is 9. The maximum Gasteiger partial charge on any atom is 0.414 e. The second-order valence-electron chi connectivity index (χ2n) is 7.96. The number of benzene rings is 2. The van der Waals surface area contributed by atoms with Crippen LogP contribution >= 0.6 is 11.6 Å². The van der Waals surface area contributed by atoms with Crippen LogP contribution in [0, 0.1) is 0 Å². The summed E-state index contributed by atoms with van der Waals surface area (Å²) < 4.78 is 5.48. The molecule has 1 fully saturated rings. The zero-order valence-corrected chi connectivity index (χ0v) is 21.0. The summed E-state index contributed by atoms with van der Waals surface area (Å²) in [5.74, 6) is -2.80. The Bertz CT molecular complexity index is 1030. The van der Waals surface area contributed by atoms with Crippen molar-refractivity contribution < 1.29 is 29.3 Å². The van der Waals surface area contributed by atoms with E-state index in [9.17, 15) is 4.79 Å². The lowest BCUT2D eigenvalue weighted by atomic mass is 10.2. The van der Waals surface area contributed by atoms with Gasteiger partial charge in [-0.1, -0.05) is 41.9 Å². The standard InChI is InChI=1S/C24H30ClN3O2.C2H2O4/c1-30-23-11-5-4-10-22(23)28-18-16-27(17-19-28)15-7-6-14-26-24(29)13-12-20-8-2-3-9-21(20)25;3-1(4)2(5)6/h2-5,8-13H,6-7,14-19H2,1H3,(H,26,29);(H,3,4)(H,5,6)/b13-12+;. The first-order valence-corrected chi connectivity index (χ1v) is 12.0. The first kappa shape index (κ1) is 28.7. The van der Waals surface area contributed by atoms with Crippen molar-refractivity contribution in [2.75, 3.05) is 51.3 Å². The monoisotopic (exact) mass is 517 g/mol. The molecule has 0 saturated carbocycles. The quantitative estimate of drug-likeness (QED) is 0.263. The van der Waals surface area contributed by atoms with Gasteiger partial charge in [-0.15, -0.1) is 0 Å². The van der Waals surface area contributed by atoms with E-state index in [1.54, 1.807) is 13.2 Å². The van der Waals surface area contributed by atoms with Crippen molar-refractivity contribution in [3.05, 3.63) is 65.2 Å². The van der Waals surface area contributed by atoms with Crippen molar-refractivity contribution in [3.8, 4) is 5.75 Å². The van der Waals surface area contributed by atoms with Gasteiger partial charge >= 0.3 is 11.9 Å². The third-order valence-electron chi connectivity index (χ3n) is 5.50. The largest absolute Gasteiger partial charge is 0.495 e. The van der Waals surface area contributed by atoms with Crippen LogP contribution in [0.15, 0.2) is 54.6 Å². The maximum atomic E-state index is 11.9. The fraction of sp³-hybridized carbons (Fsp3) is 0.346. The number of carboxylic acid groups (broad SMARTS) is 2. The van der Waals surface area contributed by atoms with Crippen LogP contribution in [0.25, 0.3) is 6.08 Å².